The first kappa shape index (κ1) is 11.2. The van der Waals surface area contributed by atoms with Crippen LogP contribution in [0.15, 0.2) is 10.8 Å². The van der Waals surface area contributed by atoms with Crippen LogP contribution in [0.3, 0.4) is 0 Å². The van der Waals surface area contributed by atoms with Crippen molar-refractivity contribution in [3.63, 3.8) is 0 Å². The number of aliphatic carboxylic acids is 1. The summed E-state index contributed by atoms with van der Waals surface area (Å²) in [5, 5.41) is 11.1. The zero-order chi connectivity index (χ0) is 11.6. The second kappa shape index (κ2) is 3.72. The van der Waals surface area contributed by atoms with E-state index in [1.807, 2.05) is 0 Å². The zero-order valence-corrected chi connectivity index (χ0v) is 8.70. The summed E-state index contributed by atoms with van der Waals surface area (Å²) < 4.78 is 4.84. The average molecular weight is 212 g/mol. The summed E-state index contributed by atoms with van der Waals surface area (Å²) in [6.45, 7) is 4.38. The van der Waals surface area contributed by atoms with Gasteiger partial charge in [-0.2, -0.15) is 0 Å². The number of amides is 1. The molecule has 0 fully saturated rings. The molecule has 0 aliphatic heterocycles. The van der Waals surface area contributed by atoms with Crippen LogP contribution in [0.1, 0.15) is 30.1 Å². The highest BCUT2D eigenvalue weighted by molar-refractivity contribution is 5.96. The Kier molecular flexibility index (Phi) is 2.78. The maximum absolute atomic E-state index is 11.5. The topological polar surface area (TPSA) is 92.4 Å². The monoisotopic (exact) mass is 212 g/mol. The van der Waals surface area contributed by atoms with Gasteiger partial charge in [0.2, 0.25) is 5.76 Å². The lowest BCUT2D eigenvalue weighted by Crippen LogP contribution is -2.49. The van der Waals surface area contributed by atoms with Crippen molar-refractivity contribution in [1.82, 2.24) is 10.3 Å². The summed E-state index contributed by atoms with van der Waals surface area (Å²) in [6.07, 6.45) is 1.14. The van der Waals surface area contributed by atoms with Crippen molar-refractivity contribution in [3.8, 4) is 0 Å². The number of hydrogen-bond donors (Lipinski definition) is 2. The van der Waals surface area contributed by atoms with Crippen LogP contribution in [0.4, 0.5) is 0 Å². The van der Waals surface area contributed by atoms with Crippen LogP contribution in [0.5, 0.6) is 0 Å². The van der Waals surface area contributed by atoms with E-state index in [-0.39, 0.29) is 5.76 Å². The molecule has 1 rings (SSSR count). The second-order valence-corrected chi connectivity index (χ2v) is 3.65. The molecule has 2 N–H and O–H groups in total. The molecule has 0 radical (unpaired) electrons. The fourth-order valence-corrected chi connectivity index (χ4v) is 0.914. The van der Waals surface area contributed by atoms with Gasteiger partial charge in [-0.25, -0.2) is 9.78 Å². The third kappa shape index (κ3) is 2.34. The lowest BCUT2D eigenvalue weighted by atomic mass is 10.1. The fourth-order valence-electron chi connectivity index (χ4n) is 0.914. The van der Waals surface area contributed by atoms with Crippen LogP contribution >= 0.6 is 0 Å². The molecular weight excluding hydrogens is 200 g/mol. The molecule has 0 aliphatic rings. The van der Waals surface area contributed by atoms with E-state index in [1.54, 1.807) is 6.92 Å². The van der Waals surface area contributed by atoms with E-state index in [1.165, 1.54) is 13.8 Å². The Hall–Kier alpha value is -1.85. The van der Waals surface area contributed by atoms with Crippen LogP contribution in [0, 0.1) is 6.92 Å². The van der Waals surface area contributed by atoms with Crippen molar-refractivity contribution in [2.24, 2.45) is 0 Å². The highest BCUT2D eigenvalue weighted by atomic mass is 16.4. The first-order valence-corrected chi connectivity index (χ1v) is 4.30. The Balaban J connectivity index is 2.81. The summed E-state index contributed by atoms with van der Waals surface area (Å²) in [5.41, 5.74) is -0.912. The number of aromatic nitrogens is 1. The largest absolute Gasteiger partial charge is 0.480 e. The molecule has 0 saturated heterocycles. The van der Waals surface area contributed by atoms with Crippen LogP contribution in [-0.2, 0) is 4.79 Å². The minimum atomic E-state index is -1.34. The van der Waals surface area contributed by atoms with Gasteiger partial charge in [-0.1, -0.05) is 0 Å². The first-order chi connectivity index (χ1) is 6.84. The molecule has 1 heterocycles. The van der Waals surface area contributed by atoms with Crippen molar-refractivity contribution >= 4 is 11.9 Å². The first-order valence-electron chi connectivity index (χ1n) is 4.30. The summed E-state index contributed by atoms with van der Waals surface area (Å²) in [5.74, 6) is -1.67. The SMILES string of the molecule is Cc1ncoc1C(=O)NC(C)(C)C(=O)O. The zero-order valence-electron chi connectivity index (χ0n) is 8.70. The standard InChI is InChI=1S/C9H12N2O4/c1-5-6(15-4-10-5)7(12)11-9(2,3)8(13)14/h4H,1-3H3,(H,11,12)(H,13,14). The molecule has 1 aromatic heterocycles. The number of carbonyl (C=O) groups excluding carboxylic acids is 1. The second-order valence-electron chi connectivity index (χ2n) is 3.65. The number of carboxylic acids is 1. The highest BCUT2D eigenvalue weighted by Crippen LogP contribution is 2.08. The smallest absolute Gasteiger partial charge is 0.328 e. The quantitative estimate of drug-likeness (QED) is 0.764. The predicted molar refractivity (Wildman–Crippen MR) is 50.4 cm³/mol. The Morgan fingerprint density at radius 1 is 1.53 bits per heavy atom. The summed E-state index contributed by atoms with van der Waals surface area (Å²) >= 11 is 0. The highest BCUT2D eigenvalue weighted by Gasteiger charge is 2.30. The minimum Gasteiger partial charge on any atom is -0.480 e. The maximum Gasteiger partial charge on any atom is 0.328 e. The Labute approximate surface area is 86.3 Å². The summed E-state index contributed by atoms with van der Waals surface area (Å²) in [4.78, 5) is 26.0. The fraction of sp³-hybridized carbons (Fsp3) is 0.444. The molecule has 0 unspecified atom stereocenters. The van der Waals surface area contributed by atoms with Gasteiger partial charge >= 0.3 is 5.97 Å². The molecule has 0 saturated carbocycles. The Morgan fingerprint density at radius 3 is 2.53 bits per heavy atom. The number of rotatable bonds is 3. The molecule has 6 nitrogen and oxygen atoms in total. The molecule has 15 heavy (non-hydrogen) atoms. The van der Waals surface area contributed by atoms with E-state index in [0.29, 0.717) is 5.69 Å². The van der Waals surface area contributed by atoms with Gasteiger partial charge in [0.05, 0.1) is 5.69 Å². The normalized spacial score (nSPS) is 11.1. The number of aryl methyl sites for hydroxylation is 1. The van der Waals surface area contributed by atoms with Crippen LogP contribution in [0.25, 0.3) is 0 Å². The molecule has 6 heteroatoms. The number of nitrogens with zero attached hydrogens (tertiary/aromatic N) is 1. The van der Waals surface area contributed by atoms with E-state index >= 15 is 0 Å². The average Bonchev–Trinajstić information content (AvgIpc) is 2.50. The number of carbonyl (C=O) groups is 2. The molecule has 0 spiro atoms. The van der Waals surface area contributed by atoms with Crippen LogP contribution < -0.4 is 5.32 Å². The number of nitrogens with one attached hydrogen (secondary N) is 1. The third-order valence-electron chi connectivity index (χ3n) is 1.91. The molecule has 0 aromatic carbocycles. The molecule has 0 atom stereocenters. The lowest BCUT2D eigenvalue weighted by molar-refractivity contribution is -0.143. The van der Waals surface area contributed by atoms with Crippen LogP contribution in [0.2, 0.25) is 0 Å². The van der Waals surface area contributed by atoms with Gasteiger partial charge in [0, 0.05) is 0 Å². The van der Waals surface area contributed by atoms with Crippen molar-refractivity contribution in [3.05, 3.63) is 17.8 Å². The lowest BCUT2D eigenvalue weighted by Gasteiger charge is -2.20. The molecule has 0 aliphatic carbocycles. The Morgan fingerprint density at radius 2 is 2.13 bits per heavy atom. The molecule has 0 bridgehead atoms. The van der Waals surface area contributed by atoms with Gasteiger partial charge in [-0.05, 0) is 20.8 Å². The molecule has 82 valence electrons. The summed E-state index contributed by atoms with van der Waals surface area (Å²) in [6, 6.07) is 0. The third-order valence-corrected chi connectivity index (χ3v) is 1.91. The molecule has 1 amide bonds. The number of hydrogen-bond acceptors (Lipinski definition) is 4. The van der Waals surface area contributed by atoms with Crippen LogP contribution in [-0.4, -0.2) is 27.5 Å². The van der Waals surface area contributed by atoms with Gasteiger partial charge < -0.3 is 14.8 Å². The van der Waals surface area contributed by atoms with Gasteiger partial charge in [-0.15, -0.1) is 0 Å². The molecule has 1 aromatic rings. The minimum absolute atomic E-state index is 0.0318. The number of oxazole rings is 1. The van der Waals surface area contributed by atoms with Gasteiger partial charge in [0.15, 0.2) is 6.39 Å². The van der Waals surface area contributed by atoms with Crippen molar-refractivity contribution in [2.45, 2.75) is 26.3 Å². The van der Waals surface area contributed by atoms with E-state index in [4.69, 9.17) is 9.52 Å². The van der Waals surface area contributed by atoms with E-state index in [0.717, 1.165) is 6.39 Å². The van der Waals surface area contributed by atoms with Gasteiger partial charge in [-0.3, -0.25) is 4.79 Å². The van der Waals surface area contributed by atoms with Gasteiger partial charge in [0.1, 0.15) is 5.54 Å². The predicted octanol–water partition coefficient (Wildman–Crippen LogP) is 0.576. The van der Waals surface area contributed by atoms with E-state index < -0.39 is 17.4 Å². The van der Waals surface area contributed by atoms with Crippen molar-refractivity contribution < 1.29 is 19.1 Å². The summed E-state index contributed by atoms with van der Waals surface area (Å²) in [7, 11) is 0. The van der Waals surface area contributed by atoms with E-state index in [9.17, 15) is 9.59 Å². The van der Waals surface area contributed by atoms with Crippen molar-refractivity contribution in [1.29, 1.82) is 0 Å². The molecular formula is C9H12N2O4. The Bertz CT molecular complexity index is 395. The maximum atomic E-state index is 11.5. The number of carboxylic acid groups (broad SMARTS) is 1. The van der Waals surface area contributed by atoms with Gasteiger partial charge in [0.25, 0.3) is 5.91 Å². The van der Waals surface area contributed by atoms with E-state index in [2.05, 4.69) is 10.3 Å². The van der Waals surface area contributed by atoms with Crippen molar-refractivity contribution in [2.75, 3.05) is 0 Å².